The second-order valence-electron chi connectivity index (χ2n) is 8.12. The molecule has 0 aliphatic carbocycles. The van der Waals surface area contributed by atoms with Crippen LogP contribution in [0.2, 0.25) is 0 Å². The van der Waals surface area contributed by atoms with Crippen molar-refractivity contribution >= 4 is 39.9 Å². The first kappa shape index (κ1) is 22.7. The van der Waals surface area contributed by atoms with Gasteiger partial charge in [-0.25, -0.2) is 9.97 Å². The van der Waals surface area contributed by atoms with Gasteiger partial charge >= 0.3 is 0 Å². The Morgan fingerprint density at radius 2 is 1.65 bits per heavy atom. The van der Waals surface area contributed by atoms with Crippen molar-refractivity contribution < 1.29 is 9.59 Å². The first-order chi connectivity index (χ1) is 16.3. The summed E-state index contributed by atoms with van der Waals surface area (Å²) in [5.41, 5.74) is 9.67. The van der Waals surface area contributed by atoms with Crippen LogP contribution in [0.5, 0.6) is 0 Å². The molecule has 0 fully saturated rings. The summed E-state index contributed by atoms with van der Waals surface area (Å²) in [4.78, 5) is 37.0. The molecule has 1 heterocycles. The van der Waals surface area contributed by atoms with Crippen molar-refractivity contribution in [1.82, 2.24) is 9.97 Å². The van der Waals surface area contributed by atoms with Gasteiger partial charge in [-0.15, -0.1) is 0 Å². The molecule has 0 bridgehead atoms. The number of carbonyl (C=O) groups excluding carboxylic acids is 2. The van der Waals surface area contributed by atoms with Gasteiger partial charge in [0.25, 0.3) is 11.8 Å². The molecular weight excluding hydrogens is 428 g/mol. The van der Waals surface area contributed by atoms with Crippen LogP contribution < -0.4 is 20.9 Å². The van der Waals surface area contributed by atoms with E-state index < -0.39 is 5.91 Å². The van der Waals surface area contributed by atoms with Crippen LogP contribution >= 0.6 is 0 Å². The van der Waals surface area contributed by atoms with Crippen LogP contribution in [0.25, 0.3) is 10.9 Å². The monoisotopic (exact) mass is 454 g/mol. The van der Waals surface area contributed by atoms with Crippen molar-refractivity contribution in [1.29, 1.82) is 0 Å². The fraction of sp³-hybridized carbons (Fsp3) is 0.154. The van der Waals surface area contributed by atoms with E-state index in [1.165, 1.54) is 6.33 Å². The van der Waals surface area contributed by atoms with E-state index in [1.807, 2.05) is 73.6 Å². The Labute approximate surface area is 198 Å². The van der Waals surface area contributed by atoms with Crippen LogP contribution in [-0.2, 0) is 6.54 Å². The summed E-state index contributed by atoms with van der Waals surface area (Å²) < 4.78 is 0. The fourth-order valence-electron chi connectivity index (χ4n) is 3.72. The molecule has 0 atom stereocenters. The van der Waals surface area contributed by atoms with E-state index in [4.69, 9.17) is 5.73 Å². The minimum atomic E-state index is -0.535. The van der Waals surface area contributed by atoms with E-state index in [1.54, 1.807) is 24.1 Å². The minimum absolute atomic E-state index is 0.0883. The van der Waals surface area contributed by atoms with Gasteiger partial charge in [-0.2, -0.15) is 0 Å². The predicted octanol–water partition coefficient (Wildman–Crippen LogP) is 3.68. The summed E-state index contributed by atoms with van der Waals surface area (Å²) >= 11 is 0. The molecule has 172 valence electrons. The number of aromatic nitrogens is 2. The second kappa shape index (κ2) is 9.58. The van der Waals surface area contributed by atoms with Crippen molar-refractivity contribution in [2.45, 2.75) is 6.54 Å². The normalized spacial score (nSPS) is 10.7. The molecule has 0 aliphatic heterocycles. The van der Waals surface area contributed by atoms with E-state index in [-0.39, 0.29) is 5.91 Å². The maximum atomic E-state index is 13.1. The molecule has 4 rings (SSSR count). The Kier molecular flexibility index (Phi) is 6.40. The lowest BCUT2D eigenvalue weighted by atomic mass is 10.1. The molecule has 1 aromatic heterocycles. The molecule has 34 heavy (non-hydrogen) atoms. The van der Waals surface area contributed by atoms with Gasteiger partial charge in [0.2, 0.25) is 0 Å². The lowest BCUT2D eigenvalue weighted by molar-refractivity contribution is 0.0988. The Morgan fingerprint density at radius 3 is 2.41 bits per heavy atom. The van der Waals surface area contributed by atoms with Crippen LogP contribution in [-0.4, -0.2) is 42.9 Å². The van der Waals surface area contributed by atoms with Crippen molar-refractivity contribution in [2.24, 2.45) is 5.73 Å². The summed E-state index contributed by atoms with van der Waals surface area (Å²) in [6.45, 7) is 0.471. The molecule has 0 saturated carbocycles. The first-order valence-corrected chi connectivity index (χ1v) is 10.8. The topological polar surface area (TPSA) is 104 Å². The standard InChI is InChI=1S/C26H26N6O2/c1-31(2)19-9-5-8-18(14-19)26(34)32(3)20-10-4-7-17(13-20)15-28-25-22-12-6-11-21(24(27)33)23(22)29-16-30-25/h4-14,16H,15H2,1-3H3,(H2,27,33)(H,28,29,30). The zero-order valence-electron chi connectivity index (χ0n) is 19.3. The number of anilines is 3. The molecule has 3 N–H and O–H groups in total. The van der Waals surface area contributed by atoms with Crippen molar-refractivity contribution in [3.8, 4) is 0 Å². The maximum absolute atomic E-state index is 13.1. The van der Waals surface area contributed by atoms with Gasteiger partial charge in [0.1, 0.15) is 12.1 Å². The number of nitrogens with one attached hydrogen (secondary N) is 1. The fourth-order valence-corrected chi connectivity index (χ4v) is 3.72. The average Bonchev–Trinajstić information content (AvgIpc) is 2.86. The smallest absolute Gasteiger partial charge is 0.258 e. The van der Waals surface area contributed by atoms with Crippen molar-refractivity contribution in [3.63, 3.8) is 0 Å². The van der Waals surface area contributed by atoms with E-state index in [2.05, 4.69) is 15.3 Å². The summed E-state index contributed by atoms with van der Waals surface area (Å²) in [6.07, 6.45) is 1.40. The van der Waals surface area contributed by atoms with E-state index in [9.17, 15) is 9.59 Å². The van der Waals surface area contributed by atoms with Crippen molar-refractivity contribution in [2.75, 3.05) is 36.3 Å². The van der Waals surface area contributed by atoms with Crippen LogP contribution in [0, 0.1) is 0 Å². The quantitative estimate of drug-likeness (QED) is 0.441. The summed E-state index contributed by atoms with van der Waals surface area (Å²) in [5, 5.41) is 4.02. The van der Waals surface area contributed by atoms with Crippen LogP contribution in [0.15, 0.2) is 73.1 Å². The SMILES string of the molecule is CN(C)c1cccc(C(=O)N(C)c2cccc(CNc3ncnc4c(C(N)=O)cccc34)c2)c1. The van der Waals surface area contributed by atoms with Crippen LogP contribution in [0.1, 0.15) is 26.3 Å². The lowest BCUT2D eigenvalue weighted by Gasteiger charge is -2.20. The number of nitrogens with zero attached hydrogens (tertiary/aromatic N) is 4. The van der Waals surface area contributed by atoms with Crippen LogP contribution in [0.4, 0.5) is 17.2 Å². The van der Waals surface area contributed by atoms with Gasteiger partial charge in [-0.05, 0) is 48.0 Å². The number of fused-ring (bicyclic) bond motifs is 1. The molecule has 8 heteroatoms. The number of benzene rings is 3. The largest absolute Gasteiger partial charge is 0.378 e. The van der Waals surface area contributed by atoms with E-state index in [0.717, 1.165) is 16.9 Å². The second-order valence-corrected chi connectivity index (χ2v) is 8.12. The maximum Gasteiger partial charge on any atom is 0.258 e. The van der Waals surface area contributed by atoms with Gasteiger partial charge in [0.05, 0.1) is 11.1 Å². The Morgan fingerprint density at radius 1 is 0.912 bits per heavy atom. The number of nitrogens with two attached hydrogens (primary N) is 1. The highest BCUT2D eigenvalue weighted by Gasteiger charge is 2.15. The molecule has 0 radical (unpaired) electrons. The average molecular weight is 455 g/mol. The van der Waals surface area contributed by atoms with Gasteiger partial charge < -0.3 is 20.9 Å². The number of primary amides is 1. The Bertz CT molecular complexity index is 1370. The third kappa shape index (κ3) is 4.66. The third-order valence-corrected chi connectivity index (χ3v) is 5.60. The summed E-state index contributed by atoms with van der Waals surface area (Å²) in [7, 11) is 5.65. The molecule has 0 saturated heterocycles. The number of para-hydroxylation sites is 1. The zero-order chi connectivity index (χ0) is 24.2. The molecule has 0 unspecified atom stereocenters. The third-order valence-electron chi connectivity index (χ3n) is 5.60. The molecule has 2 amide bonds. The van der Waals surface area contributed by atoms with Gasteiger partial charge in [0.15, 0.2) is 0 Å². The number of rotatable bonds is 7. The van der Waals surface area contributed by atoms with E-state index in [0.29, 0.717) is 34.4 Å². The van der Waals surface area contributed by atoms with Gasteiger partial charge in [0, 0.05) is 50.0 Å². The molecular formula is C26H26N6O2. The minimum Gasteiger partial charge on any atom is -0.378 e. The number of amides is 2. The summed E-state index contributed by atoms with van der Waals surface area (Å²) in [6, 6.07) is 20.5. The lowest BCUT2D eigenvalue weighted by Crippen LogP contribution is -2.26. The van der Waals surface area contributed by atoms with Gasteiger partial charge in [-0.1, -0.05) is 24.3 Å². The highest BCUT2D eigenvalue weighted by atomic mass is 16.2. The molecule has 3 aromatic carbocycles. The number of hydrogen-bond acceptors (Lipinski definition) is 6. The van der Waals surface area contributed by atoms with Crippen molar-refractivity contribution in [3.05, 3.63) is 89.7 Å². The van der Waals surface area contributed by atoms with Crippen LogP contribution in [0.3, 0.4) is 0 Å². The Hall–Kier alpha value is -4.46. The molecule has 0 spiro atoms. The first-order valence-electron chi connectivity index (χ1n) is 10.8. The highest BCUT2D eigenvalue weighted by molar-refractivity contribution is 6.07. The van der Waals surface area contributed by atoms with Gasteiger partial charge in [-0.3, -0.25) is 9.59 Å². The summed E-state index contributed by atoms with van der Waals surface area (Å²) in [5.74, 6) is -0.0233. The highest BCUT2D eigenvalue weighted by Crippen LogP contribution is 2.24. The predicted molar refractivity (Wildman–Crippen MR) is 135 cm³/mol. The van der Waals surface area contributed by atoms with E-state index >= 15 is 0 Å². The number of hydrogen-bond donors (Lipinski definition) is 2. The zero-order valence-corrected chi connectivity index (χ0v) is 19.3. The number of carbonyl (C=O) groups is 2. The molecule has 8 nitrogen and oxygen atoms in total. The molecule has 4 aromatic rings. The molecule has 0 aliphatic rings. The Balaban J connectivity index is 1.54.